The molecule has 0 aliphatic carbocycles. The highest BCUT2D eigenvalue weighted by Gasteiger charge is 2.31. The third-order valence-corrected chi connectivity index (χ3v) is 4.33. The minimum atomic E-state index is -0.237. The normalized spacial score (nSPS) is 17.3. The fraction of sp³-hybridized carbons (Fsp3) is 0.316. The summed E-state index contributed by atoms with van der Waals surface area (Å²) in [6.45, 7) is 0.682. The fourth-order valence-electron chi connectivity index (χ4n) is 3.19. The van der Waals surface area contributed by atoms with Crippen LogP contribution in [-0.4, -0.2) is 24.5 Å². The third kappa shape index (κ3) is 3.36. The third-order valence-electron chi connectivity index (χ3n) is 4.33. The lowest BCUT2D eigenvalue weighted by Crippen LogP contribution is -2.32. The van der Waals surface area contributed by atoms with E-state index in [4.69, 9.17) is 4.74 Å². The van der Waals surface area contributed by atoms with Gasteiger partial charge in [-0.1, -0.05) is 30.3 Å². The molecule has 23 heavy (non-hydrogen) atoms. The summed E-state index contributed by atoms with van der Waals surface area (Å²) in [5.74, 6) is 0.532. The van der Waals surface area contributed by atoms with Crippen LogP contribution in [0.1, 0.15) is 30.0 Å². The minimum absolute atomic E-state index is 0.0315. The second-order valence-electron chi connectivity index (χ2n) is 5.79. The maximum atomic E-state index is 14.0. The van der Waals surface area contributed by atoms with E-state index in [1.165, 1.54) is 6.07 Å². The van der Waals surface area contributed by atoms with Gasteiger partial charge in [0.1, 0.15) is 11.6 Å². The van der Waals surface area contributed by atoms with Crippen molar-refractivity contribution in [2.75, 3.05) is 13.7 Å². The molecule has 1 fully saturated rings. The van der Waals surface area contributed by atoms with Gasteiger partial charge >= 0.3 is 0 Å². The van der Waals surface area contributed by atoms with Gasteiger partial charge in [-0.05, 0) is 36.6 Å². The van der Waals surface area contributed by atoms with Crippen LogP contribution in [0.15, 0.2) is 48.5 Å². The van der Waals surface area contributed by atoms with E-state index < -0.39 is 0 Å². The van der Waals surface area contributed by atoms with Crippen LogP contribution >= 0.6 is 0 Å². The number of hydrogen-bond donors (Lipinski definition) is 0. The molecule has 1 saturated heterocycles. The van der Waals surface area contributed by atoms with Gasteiger partial charge in [-0.2, -0.15) is 0 Å². The Morgan fingerprint density at radius 2 is 2.09 bits per heavy atom. The summed E-state index contributed by atoms with van der Waals surface area (Å²) in [5.41, 5.74) is 1.53. The highest BCUT2D eigenvalue weighted by molar-refractivity contribution is 5.79. The first-order valence-corrected chi connectivity index (χ1v) is 7.86. The van der Waals surface area contributed by atoms with E-state index in [2.05, 4.69) is 0 Å². The van der Waals surface area contributed by atoms with Gasteiger partial charge in [0, 0.05) is 12.1 Å². The Morgan fingerprint density at radius 3 is 2.87 bits per heavy atom. The van der Waals surface area contributed by atoms with Gasteiger partial charge in [-0.3, -0.25) is 4.79 Å². The fourth-order valence-corrected chi connectivity index (χ4v) is 3.19. The van der Waals surface area contributed by atoms with Crippen molar-refractivity contribution in [1.29, 1.82) is 0 Å². The molecular weight excluding hydrogens is 293 g/mol. The van der Waals surface area contributed by atoms with Crippen molar-refractivity contribution in [2.45, 2.75) is 25.3 Å². The summed E-state index contributed by atoms with van der Waals surface area (Å²) in [5, 5.41) is 0. The number of carbonyl (C=O) groups is 1. The molecule has 1 heterocycles. The van der Waals surface area contributed by atoms with Crippen LogP contribution in [0.3, 0.4) is 0 Å². The summed E-state index contributed by atoms with van der Waals surface area (Å²) in [6, 6.07) is 14.1. The van der Waals surface area contributed by atoms with Crippen molar-refractivity contribution in [3.8, 4) is 5.75 Å². The Bertz CT molecular complexity index is 701. The monoisotopic (exact) mass is 313 g/mol. The molecule has 0 saturated carbocycles. The number of likely N-dealkylation sites (tertiary alicyclic amines) is 1. The van der Waals surface area contributed by atoms with Crippen LogP contribution in [0, 0.1) is 5.82 Å². The Kier molecular flexibility index (Phi) is 4.60. The van der Waals surface area contributed by atoms with Gasteiger partial charge in [-0.25, -0.2) is 4.39 Å². The molecule has 2 aromatic carbocycles. The topological polar surface area (TPSA) is 29.5 Å². The zero-order valence-corrected chi connectivity index (χ0v) is 13.2. The second-order valence-corrected chi connectivity index (χ2v) is 5.79. The number of carbonyl (C=O) groups excluding carboxylic acids is 1. The molecule has 0 aromatic heterocycles. The molecule has 1 unspecified atom stereocenters. The van der Waals surface area contributed by atoms with Crippen LogP contribution in [0.25, 0.3) is 0 Å². The second kappa shape index (κ2) is 6.82. The number of nitrogens with zero attached hydrogens (tertiary/aromatic N) is 1. The van der Waals surface area contributed by atoms with Crippen LogP contribution in [0.4, 0.5) is 4.39 Å². The van der Waals surface area contributed by atoms with Gasteiger partial charge < -0.3 is 9.64 Å². The number of ether oxygens (including phenoxy) is 1. The van der Waals surface area contributed by atoms with E-state index >= 15 is 0 Å². The minimum Gasteiger partial charge on any atom is -0.497 e. The van der Waals surface area contributed by atoms with E-state index in [0.717, 1.165) is 24.2 Å². The summed E-state index contributed by atoms with van der Waals surface area (Å²) in [6.07, 6.45) is 2.02. The Morgan fingerprint density at radius 1 is 1.26 bits per heavy atom. The van der Waals surface area contributed by atoms with Crippen molar-refractivity contribution in [3.63, 3.8) is 0 Å². The van der Waals surface area contributed by atoms with Crippen LogP contribution < -0.4 is 4.74 Å². The Hall–Kier alpha value is -2.36. The average molecular weight is 313 g/mol. The predicted molar refractivity (Wildman–Crippen MR) is 86.8 cm³/mol. The van der Waals surface area contributed by atoms with Crippen LogP contribution in [0.5, 0.6) is 5.75 Å². The maximum Gasteiger partial charge on any atom is 0.227 e. The molecule has 2 aromatic rings. The largest absolute Gasteiger partial charge is 0.497 e. The molecule has 1 aliphatic rings. The highest BCUT2D eigenvalue weighted by Crippen LogP contribution is 2.33. The van der Waals surface area contributed by atoms with Gasteiger partial charge in [-0.15, -0.1) is 0 Å². The van der Waals surface area contributed by atoms with E-state index in [-0.39, 0.29) is 17.8 Å². The zero-order chi connectivity index (χ0) is 16.2. The number of rotatable bonds is 4. The van der Waals surface area contributed by atoms with Gasteiger partial charge in [0.05, 0.1) is 19.6 Å². The SMILES string of the molecule is COc1cccc(CC(=O)N2CCCC2c2ccccc2F)c1. The number of benzene rings is 2. The van der Waals surface area contributed by atoms with Crippen molar-refractivity contribution < 1.29 is 13.9 Å². The summed E-state index contributed by atoms with van der Waals surface area (Å²) >= 11 is 0. The smallest absolute Gasteiger partial charge is 0.227 e. The molecule has 4 heteroatoms. The van der Waals surface area contributed by atoms with E-state index in [1.807, 2.05) is 30.3 Å². The first kappa shape index (κ1) is 15.5. The number of hydrogen-bond acceptors (Lipinski definition) is 2. The van der Waals surface area contributed by atoms with Crippen molar-refractivity contribution in [2.24, 2.45) is 0 Å². The Labute approximate surface area is 135 Å². The molecular formula is C19H20FNO2. The number of methoxy groups -OCH3 is 1. The molecule has 1 atom stereocenters. The summed E-state index contributed by atoms with van der Waals surface area (Å²) < 4.78 is 19.2. The molecule has 0 N–H and O–H groups in total. The molecule has 0 radical (unpaired) electrons. The molecule has 120 valence electrons. The summed E-state index contributed by atoms with van der Waals surface area (Å²) in [4.78, 5) is 14.5. The van der Waals surface area contributed by atoms with Gasteiger partial charge in [0.15, 0.2) is 0 Å². The Balaban J connectivity index is 1.77. The molecule has 0 bridgehead atoms. The standard InChI is InChI=1S/C19H20FNO2/c1-23-15-7-4-6-14(12-15)13-19(22)21-11-5-10-18(21)16-8-2-3-9-17(16)20/h2-4,6-9,12,18H,5,10-11,13H2,1H3. The first-order chi connectivity index (χ1) is 11.2. The van der Waals surface area contributed by atoms with E-state index in [0.29, 0.717) is 18.5 Å². The first-order valence-electron chi connectivity index (χ1n) is 7.86. The van der Waals surface area contributed by atoms with E-state index in [9.17, 15) is 9.18 Å². The number of halogens is 1. The summed E-state index contributed by atoms with van der Waals surface area (Å²) in [7, 11) is 1.61. The van der Waals surface area contributed by atoms with E-state index in [1.54, 1.807) is 24.1 Å². The van der Waals surface area contributed by atoms with Crippen molar-refractivity contribution in [3.05, 3.63) is 65.5 Å². The lowest BCUT2D eigenvalue weighted by atomic mass is 10.0. The molecule has 1 amide bonds. The maximum absolute atomic E-state index is 14.0. The zero-order valence-electron chi connectivity index (χ0n) is 13.2. The predicted octanol–water partition coefficient (Wildman–Crippen LogP) is 3.74. The average Bonchev–Trinajstić information content (AvgIpc) is 3.05. The highest BCUT2D eigenvalue weighted by atomic mass is 19.1. The molecule has 1 aliphatic heterocycles. The molecule has 3 rings (SSSR count). The van der Waals surface area contributed by atoms with Crippen molar-refractivity contribution >= 4 is 5.91 Å². The van der Waals surface area contributed by atoms with Gasteiger partial charge in [0.25, 0.3) is 0 Å². The number of amides is 1. The van der Waals surface area contributed by atoms with Gasteiger partial charge in [0.2, 0.25) is 5.91 Å². The quantitative estimate of drug-likeness (QED) is 0.860. The lowest BCUT2D eigenvalue weighted by molar-refractivity contribution is -0.131. The van der Waals surface area contributed by atoms with Crippen molar-refractivity contribution in [1.82, 2.24) is 4.90 Å². The lowest BCUT2D eigenvalue weighted by Gasteiger charge is -2.25. The van der Waals surface area contributed by atoms with Crippen LogP contribution in [-0.2, 0) is 11.2 Å². The molecule has 0 spiro atoms. The molecule has 3 nitrogen and oxygen atoms in total. The van der Waals surface area contributed by atoms with Crippen LogP contribution in [0.2, 0.25) is 0 Å².